The molecule has 1 aromatic rings. The fraction of sp³-hybridized carbons (Fsp3) is 0.611. The molecule has 5 heteroatoms. The maximum Gasteiger partial charge on any atom is 0.191 e. The molecule has 1 rings (SSSR count). The molecular weight excluding hydrogens is 288 g/mol. The van der Waals surface area contributed by atoms with E-state index in [1.54, 1.807) is 7.05 Å². The number of ether oxygens (including phenoxy) is 1. The molecule has 0 aliphatic carbocycles. The van der Waals surface area contributed by atoms with Crippen LogP contribution >= 0.6 is 0 Å². The van der Waals surface area contributed by atoms with Crippen molar-refractivity contribution in [3.63, 3.8) is 0 Å². The molecule has 0 atom stereocenters. The Morgan fingerprint density at radius 1 is 1.13 bits per heavy atom. The lowest BCUT2D eigenvalue weighted by Crippen LogP contribution is -2.39. The Hall–Kier alpha value is -1.75. The molecule has 130 valence electrons. The van der Waals surface area contributed by atoms with Gasteiger partial charge in [0.25, 0.3) is 0 Å². The first-order valence-electron chi connectivity index (χ1n) is 8.46. The van der Waals surface area contributed by atoms with Crippen molar-refractivity contribution < 1.29 is 4.74 Å². The van der Waals surface area contributed by atoms with Gasteiger partial charge in [0.05, 0.1) is 6.54 Å². The number of rotatable bonds is 10. The van der Waals surface area contributed by atoms with Crippen molar-refractivity contribution in [1.82, 2.24) is 15.5 Å². The summed E-state index contributed by atoms with van der Waals surface area (Å²) in [7, 11) is 3.96. The smallest absolute Gasteiger partial charge is 0.191 e. The van der Waals surface area contributed by atoms with Gasteiger partial charge in [-0.1, -0.05) is 18.2 Å². The normalized spacial score (nSPS) is 11.8. The van der Waals surface area contributed by atoms with E-state index < -0.39 is 0 Å². The minimum Gasteiger partial charge on any atom is -0.492 e. The van der Waals surface area contributed by atoms with Gasteiger partial charge in [0.2, 0.25) is 0 Å². The van der Waals surface area contributed by atoms with Crippen LogP contribution in [0.5, 0.6) is 5.75 Å². The van der Waals surface area contributed by atoms with E-state index in [4.69, 9.17) is 4.74 Å². The highest BCUT2D eigenvalue weighted by Crippen LogP contribution is 2.07. The Kier molecular flexibility index (Phi) is 9.87. The maximum absolute atomic E-state index is 5.64. The van der Waals surface area contributed by atoms with Crippen molar-refractivity contribution in [2.75, 3.05) is 40.3 Å². The van der Waals surface area contributed by atoms with Crippen molar-refractivity contribution in [3.05, 3.63) is 30.3 Å². The second-order valence-corrected chi connectivity index (χ2v) is 5.87. The van der Waals surface area contributed by atoms with Gasteiger partial charge in [-0.15, -0.1) is 0 Å². The molecule has 0 saturated carbocycles. The van der Waals surface area contributed by atoms with Crippen LogP contribution in [0.15, 0.2) is 35.3 Å². The molecule has 0 heterocycles. The first kappa shape index (κ1) is 19.3. The molecule has 2 N–H and O–H groups in total. The van der Waals surface area contributed by atoms with Crippen molar-refractivity contribution >= 4 is 5.96 Å². The van der Waals surface area contributed by atoms with Crippen LogP contribution in [0.4, 0.5) is 0 Å². The van der Waals surface area contributed by atoms with Gasteiger partial charge >= 0.3 is 0 Å². The zero-order valence-corrected chi connectivity index (χ0v) is 15.0. The highest BCUT2D eigenvalue weighted by Gasteiger charge is 2.02. The third kappa shape index (κ3) is 9.08. The van der Waals surface area contributed by atoms with Crippen LogP contribution in [0.2, 0.25) is 0 Å². The van der Waals surface area contributed by atoms with E-state index in [1.165, 1.54) is 6.42 Å². The number of unbranched alkanes of at least 4 members (excludes halogenated alkanes) is 1. The summed E-state index contributed by atoms with van der Waals surface area (Å²) in [6.07, 6.45) is 2.33. The Balaban J connectivity index is 2.06. The summed E-state index contributed by atoms with van der Waals surface area (Å²) in [5, 5.41) is 6.60. The lowest BCUT2D eigenvalue weighted by Gasteiger charge is -2.20. The van der Waals surface area contributed by atoms with E-state index in [9.17, 15) is 0 Å². The first-order chi connectivity index (χ1) is 11.1. The molecule has 0 saturated heterocycles. The summed E-state index contributed by atoms with van der Waals surface area (Å²) >= 11 is 0. The summed E-state index contributed by atoms with van der Waals surface area (Å²) in [6, 6.07) is 10.5. The van der Waals surface area contributed by atoms with E-state index in [2.05, 4.69) is 41.4 Å². The predicted molar refractivity (Wildman–Crippen MR) is 98.3 cm³/mol. The maximum atomic E-state index is 5.64. The monoisotopic (exact) mass is 320 g/mol. The Bertz CT molecular complexity index is 434. The minimum absolute atomic E-state index is 0.613. The van der Waals surface area contributed by atoms with Gasteiger partial charge in [-0.2, -0.15) is 0 Å². The fourth-order valence-electron chi connectivity index (χ4n) is 2.03. The SMILES string of the molecule is CN=C(NCCCCN(C)C(C)C)NCCOc1ccccc1. The summed E-state index contributed by atoms with van der Waals surface area (Å²) < 4.78 is 5.64. The highest BCUT2D eigenvalue weighted by atomic mass is 16.5. The number of benzene rings is 1. The van der Waals surface area contributed by atoms with Gasteiger partial charge in [0.1, 0.15) is 12.4 Å². The molecule has 0 unspecified atom stereocenters. The van der Waals surface area contributed by atoms with Crippen LogP contribution in [-0.4, -0.2) is 57.2 Å². The van der Waals surface area contributed by atoms with Gasteiger partial charge in [0, 0.05) is 19.6 Å². The summed E-state index contributed by atoms with van der Waals surface area (Å²) in [5.74, 6) is 1.73. The van der Waals surface area contributed by atoms with Crippen LogP contribution in [-0.2, 0) is 0 Å². The van der Waals surface area contributed by atoms with Gasteiger partial charge in [0.15, 0.2) is 5.96 Å². The largest absolute Gasteiger partial charge is 0.492 e. The topological polar surface area (TPSA) is 48.9 Å². The zero-order valence-electron chi connectivity index (χ0n) is 15.0. The summed E-state index contributed by atoms with van der Waals surface area (Å²) in [6.45, 7) is 7.86. The number of nitrogens with one attached hydrogen (secondary N) is 2. The molecule has 0 radical (unpaired) electrons. The number of nitrogens with zero attached hydrogens (tertiary/aromatic N) is 2. The molecule has 0 aliphatic heterocycles. The number of guanidine groups is 1. The first-order valence-corrected chi connectivity index (χ1v) is 8.46. The molecule has 0 aliphatic rings. The highest BCUT2D eigenvalue weighted by molar-refractivity contribution is 5.79. The van der Waals surface area contributed by atoms with Gasteiger partial charge < -0.3 is 20.3 Å². The molecular formula is C18H32N4O. The van der Waals surface area contributed by atoms with Crippen molar-refractivity contribution in [2.24, 2.45) is 4.99 Å². The van der Waals surface area contributed by atoms with Crippen molar-refractivity contribution in [2.45, 2.75) is 32.7 Å². The molecule has 0 bridgehead atoms. The molecule has 0 amide bonds. The van der Waals surface area contributed by atoms with E-state index in [-0.39, 0.29) is 0 Å². The number of hydrogen-bond acceptors (Lipinski definition) is 3. The molecule has 5 nitrogen and oxygen atoms in total. The van der Waals surface area contributed by atoms with Crippen LogP contribution in [0.3, 0.4) is 0 Å². The quantitative estimate of drug-likeness (QED) is 0.395. The molecule has 1 aromatic carbocycles. The third-order valence-corrected chi connectivity index (χ3v) is 3.74. The molecule has 0 spiro atoms. The summed E-state index contributed by atoms with van der Waals surface area (Å²) in [5.41, 5.74) is 0. The van der Waals surface area contributed by atoms with E-state index >= 15 is 0 Å². The second kappa shape index (κ2) is 11.8. The standard InChI is InChI=1S/C18H32N4O/c1-16(2)22(4)14-9-8-12-20-18(19-3)21-13-15-23-17-10-6-5-7-11-17/h5-7,10-11,16H,8-9,12-15H2,1-4H3,(H2,19,20,21). The zero-order chi connectivity index (χ0) is 16.9. The average molecular weight is 320 g/mol. The summed E-state index contributed by atoms with van der Waals surface area (Å²) in [4.78, 5) is 6.59. The van der Waals surface area contributed by atoms with E-state index in [0.717, 1.165) is 37.8 Å². The Morgan fingerprint density at radius 3 is 2.48 bits per heavy atom. The number of hydrogen-bond donors (Lipinski definition) is 2. The average Bonchev–Trinajstić information content (AvgIpc) is 2.57. The predicted octanol–water partition coefficient (Wildman–Crippen LogP) is 2.35. The second-order valence-electron chi connectivity index (χ2n) is 5.87. The van der Waals surface area contributed by atoms with Crippen molar-refractivity contribution in [1.29, 1.82) is 0 Å². The lowest BCUT2D eigenvalue weighted by atomic mass is 10.2. The molecule has 0 fully saturated rings. The Labute approximate surface area is 141 Å². The van der Waals surface area contributed by atoms with Gasteiger partial charge in [-0.3, -0.25) is 4.99 Å². The van der Waals surface area contributed by atoms with Crippen LogP contribution in [0.1, 0.15) is 26.7 Å². The van der Waals surface area contributed by atoms with Crippen LogP contribution in [0.25, 0.3) is 0 Å². The Morgan fingerprint density at radius 2 is 1.83 bits per heavy atom. The molecule has 0 aromatic heterocycles. The van der Waals surface area contributed by atoms with Crippen molar-refractivity contribution in [3.8, 4) is 5.75 Å². The lowest BCUT2D eigenvalue weighted by molar-refractivity contribution is 0.268. The van der Waals surface area contributed by atoms with Crippen LogP contribution in [0, 0.1) is 0 Å². The van der Waals surface area contributed by atoms with E-state index in [0.29, 0.717) is 12.6 Å². The minimum atomic E-state index is 0.613. The van der Waals surface area contributed by atoms with Gasteiger partial charge in [-0.25, -0.2) is 0 Å². The third-order valence-electron chi connectivity index (χ3n) is 3.74. The molecule has 23 heavy (non-hydrogen) atoms. The van der Waals surface area contributed by atoms with Gasteiger partial charge in [-0.05, 0) is 52.4 Å². The number of aliphatic imine (C=N–C) groups is 1. The number of para-hydroxylation sites is 1. The fourth-order valence-corrected chi connectivity index (χ4v) is 2.03. The van der Waals surface area contributed by atoms with Crippen LogP contribution < -0.4 is 15.4 Å². The van der Waals surface area contributed by atoms with E-state index in [1.807, 2.05) is 30.3 Å².